The van der Waals surface area contributed by atoms with Gasteiger partial charge in [-0.25, -0.2) is 13.8 Å². The predicted octanol–water partition coefficient (Wildman–Crippen LogP) is 5.18. The van der Waals surface area contributed by atoms with Gasteiger partial charge in [0.25, 0.3) is 0 Å². The number of carbonyl (C=O) groups excluding carboxylic acids is 1. The van der Waals surface area contributed by atoms with E-state index in [0.717, 1.165) is 23.8 Å². The van der Waals surface area contributed by atoms with E-state index in [0.29, 0.717) is 31.0 Å². The van der Waals surface area contributed by atoms with Gasteiger partial charge in [-0.1, -0.05) is 51.1 Å². The monoisotopic (exact) mass is 498 g/mol. The second-order valence-corrected chi connectivity index (χ2v) is 10.3. The molecule has 6 nitrogen and oxygen atoms in total. The van der Waals surface area contributed by atoms with Crippen molar-refractivity contribution in [3.63, 3.8) is 0 Å². The highest BCUT2D eigenvalue weighted by molar-refractivity contribution is 5.78. The van der Waals surface area contributed by atoms with Gasteiger partial charge in [0, 0.05) is 38.0 Å². The molecule has 0 saturated carbocycles. The van der Waals surface area contributed by atoms with Crippen molar-refractivity contribution in [1.29, 1.82) is 0 Å². The molecule has 194 valence electrons. The quantitative estimate of drug-likeness (QED) is 0.418. The average Bonchev–Trinajstić information content (AvgIpc) is 3.20. The van der Waals surface area contributed by atoms with E-state index in [1.54, 1.807) is 11.1 Å². The summed E-state index contributed by atoms with van der Waals surface area (Å²) in [4.78, 5) is 19.9. The standard InChI is InChI=1S/C28H36F2N4O2/c1-19(31)13-14-34(25(35)18-36-5)26(28(2,3)4)27-32-24(22-15-21(29)11-12-23(22)30)17-33(27)16-20-9-7-6-8-10-20/h6-12,15,17,19,26H,13-14,16,18,31H2,1-5H3/t19?,26-/m0/s1. The molecule has 8 heteroatoms. The Morgan fingerprint density at radius 2 is 1.86 bits per heavy atom. The topological polar surface area (TPSA) is 73.4 Å². The Balaban J connectivity index is 2.20. The summed E-state index contributed by atoms with van der Waals surface area (Å²) in [5.41, 5.74) is 6.98. The number of ether oxygens (including phenoxy) is 1. The summed E-state index contributed by atoms with van der Waals surface area (Å²) in [7, 11) is 1.48. The van der Waals surface area contributed by atoms with Crippen LogP contribution in [0.1, 0.15) is 51.5 Å². The molecule has 1 unspecified atom stereocenters. The van der Waals surface area contributed by atoms with Crippen LogP contribution in [0, 0.1) is 17.0 Å². The van der Waals surface area contributed by atoms with E-state index >= 15 is 0 Å². The molecule has 3 aromatic rings. The number of carbonyl (C=O) groups is 1. The van der Waals surface area contributed by atoms with Gasteiger partial charge in [0.05, 0.1) is 11.7 Å². The minimum Gasteiger partial charge on any atom is -0.375 e. The van der Waals surface area contributed by atoms with Crippen LogP contribution in [0.2, 0.25) is 0 Å². The zero-order chi connectivity index (χ0) is 26.5. The second kappa shape index (κ2) is 11.8. The molecule has 0 fully saturated rings. The van der Waals surface area contributed by atoms with Crippen LogP contribution >= 0.6 is 0 Å². The zero-order valence-electron chi connectivity index (χ0n) is 21.7. The fourth-order valence-electron chi connectivity index (χ4n) is 4.32. The summed E-state index contributed by atoms with van der Waals surface area (Å²) < 4.78 is 35.9. The average molecular weight is 499 g/mol. The Kier molecular flexibility index (Phi) is 8.98. The maximum absolute atomic E-state index is 14.7. The number of hydrogen-bond donors (Lipinski definition) is 1. The minimum atomic E-state index is -0.566. The first-order valence-corrected chi connectivity index (χ1v) is 12.1. The minimum absolute atomic E-state index is 0.0704. The number of hydrogen-bond acceptors (Lipinski definition) is 4. The Hall–Kier alpha value is -3.10. The molecule has 0 saturated heterocycles. The number of nitrogens with two attached hydrogens (primary N) is 1. The van der Waals surface area contributed by atoms with Gasteiger partial charge in [-0.15, -0.1) is 0 Å². The lowest BCUT2D eigenvalue weighted by atomic mass is 9.84. The summed E-state index contributed by atoms with van der Waals surface area (Å²) >= 11 is 0. The van der Waals surface area contributed by atoms with Crippen LogP contribution in [0.3, 0.4) is 0 Å². The highest BCUT2D eigenvalue weighted by Gasteiger charge is 2.38. The van der Waals surface area contributed by atoms with Gasteiger partial charge in [0.1, 0.15) is 24.1 Å². The normalized spacial score (nSPS) is 13.4. The first-order valence-electron chi connectivity index (χ1n) is 12.1. The van der Waals surface area contributed by atoms with Crippen molar-refractivity contribution in [2.24, 2.45) is 11.1 Å². The molecule has 1 heterocycles. The number of aromatic nitrogens is 2. The lowest BCUT2D eigenvalue weighted by molar-refractivity contribution is -0.140. The molecule has 3 rings (SSSR count). The van der Waals surface area contributed by atoms with Crippen LogP contribution < -0.4 is 5.73 Å². The maximum Gasteiger partial charge on any atom is 0.249 e. The van der Waals surface area contributed by atoms with Gasteiger partial charge in [0.15, 0.2) is 0 Å². The van der Waals surface area contributed by atoms with Crippen molar-refractivity contribution in [2.45, 2.75) is 52.7 Å². The third-order valence-electron chi connectivity index (χ3n) is 6.00. The lowest BCUT2D eigenvalue weighted by Crippen LogP contribution is -2.45. The lowest BCUT2D eigenvalue weighted by Gasteiger charge is -2.40. The first kappa shape index (κ1) is 27.5. The summed E-state index contributed by atoms with van der Waals surface area (Å²) in [5, 5.41) is 0. The number of imidazole rings is 1. The van der Waals surface area contributed by atoms with Gasteiger partial charge in [-0.05, 0) is 42.5 Å². The van der Waals surface area contributed by atoms with Crippen LogP contribution in [0.15, 0.2) is 54.7 Å². The highest BCUT2D eigenvalue weighted by atomic mass is 19.1. The Labute approximate surface area is 212 Å². The van der Waals surface area contributed by atoms with Crippen molar-refractivity contribution >= 4 is 5.91 Å². The fraction of sp³-hybridized carbons (Fsp3) is 0.429. The van der Waals surface area contributed by atoms with Gasteiger partial charge in [-0.3, -0.25) is 4.79 Å². The van der Waals surface area contributed by atoms with Gasteiger partial charge < -0.3 is 19.9 Å². The van der Waals surface area contributed by atoms with Crippen molar-refractivity contribution in [3.05, 3.63) is 77.8 Å². The summed E-state index contributed by atoms with van der Waals surface area (Å²) in [6.45, 7) is 8.75. The van der Waals surface area contributed by atoms with E-state index in [1.807, 2.05) is 62.6 Å². The SMILES string of the molecule is COCC(=O)N(CCC(C)N)[C@@H](c1nc(-c2cc(F)ccc2F)cn1Cc1ccccc1)C(C)(C)C. The molecule has 1 amide bonds. The smallest absolute Gasteiger partial charge is 0.249 e. The van der Waals surface area contributed by atoms with E-state index < -0.39 is 23.1 Å². The van der Waals surface area contributed by atoms with Crippen LogP contribution in [-0.4, -0.2) is 46.7 Å². The molecule has 36 heavy (non-hydrogen) atoms. The van der Waals surface area contributed by atoms with Crippen LogP contribution in [0.4, 0.5) is 8.78 Å². The number of nitrogens with zero attached hydrogens (tertiary/aromatic N) is 3. The van der Waals surface area contributed by atoms with Crippen molar-refractivity contribution in [1.82, 2.24) is 14.5 Å². The van der Waals surface area contributed by atoms with E-state index in [4.69, 9.17) is 15.5 Å². The third-order valence-corrected chi connectivity index (χ3v) is 6.00. The van der Waals surface area contributed by atoms with E-state index in [2.05, 4.69) is 0 Å². The van der Waals surface area contributed by atoms with Gasteiger partial charge in [-0.2, -0.15) is 0 Å². The van der Waals surface area contributed by atoms with Gasteiger partial charge in [0.2, 0.25) is 5.91 Å². The molecule has 0 bridgehead atoms. The number of amides is 1. The van der Waals surface area contributed by atoms with Crippen LogP contribution in [0.25, 0.3) is 11.3 Å². The number of methoxy groups -OCH3 is 1. The van der Waals surface area contributed by atoms with Crippen LogP contribution in [0.5, 0.6) is 0 Å². The summed E-state index contributed by atoms with van der Waals surface area (Å²) in [5.74, 6) is -0.722. The molecule has 2 aromatic carbocycles. The molecule has 0 spiro atoms. The highest BCUT2D eigenvalue weighted by Crippen LogP contribution is 2.39. The molecular weight excluding hydrogens is 462 g/mol. The van der Waals surface area contributed by atoms with Crippen molar-refractivity contribution < 1.29 is 18.3 Å². The molecule has 0 aliphatic carbocycles. The maximum atomic E-state index is 14.7. The first-order chi connectivity index (χ1) is 17.0. The Bertz CT molecular complexity index is 1160. The zero-order valence-corrected chi connectivity index (χ0v) is 21.7. The van der Waals surface area contributed by atoms with E-state index in [9.17, 15) is 13.6 Å². The number of rotatable bonds is 10. The fourth-order valence-corrected chi connectivity index (χ4v) is 4.32. The molecule has 0 aliphatic rings. The van der Waals surface area contributed by atoms with Crippen molar-refractivity contribution in [2.75, 3.05) is 20.3 Å². The van der Waals surface area contributed by atoms with Gasteiger partial charge >= 0.3 is 0 Å². The van der Waals surface area contributed by atoms with E-state index in [-0.39, 0.29) is 24.1 Å². The molecule has 1 aromatic heterocycles. The molecule has 2 atom stereocenters. The molecule has 0 aliphatic heterocycles. The predicted molar refractivity (Wildman–Crippen MR) is 137 cm³/mol. The molecule has 2 N–H and O–H groups in total. The Morgan fingerprint density at radius 3 is 2.47 bits per heavy atom. The molecular formula is C28H36F2N4O2. The number of benzene rings is 2. The summed E-state index contributed by atoms with van der Waals surface area (Å²) in [6, 6.07) is 12.5. The third kappa shape index (κ3) is 6.77. The summed E-state index contributed by atoms with van der Waals surface area (Å²) in [6.07, 6.45) is 2.32. The second-order valence-electron chi connectivity index (χ2n) is 10.3. The van der Waals surface area contributed by atoms with Crippen molar-refractivity contribution in [3.8, 4) is 11.3 Å². The number of halogens is 2. The largest absolute Gasteiger partial charge is 0.375 e. The van der Waals surface area contributed by atoms with E-state index in [1.165, 1.54) is 7.11 Å². The van der Waals surface area contributed by atoms with Crippen LogP contribution in [-0.2, 0) is 16.1 Å². The Morgan fingerprint density at radius 1 is 1.17 bits per heavy atom. The molecule has 0 radical (unpaired) electrons.